The Morgan fingerprint density at radius 1 is 1.19 bits per heavy atom. The number of para-hydroxylation sites is 2. The molecule has 6 nitrogen and oxygen atoms in total. The molecule has 1 aromatic carbocycles. The number of nitrogens with one attached hydrogen (secondary N) is 1. The van der Waals surface area contributed by atoms with E-state index in [0.29, 0.717) is 12.2 Å². The van der Waals surface area contributed by atoms with Crippen LogP contribution in [0.25, 0.3) is 11.0 Å². The zero-order chi connectivity index (χ0) is 14.5. The number of carbonyl (C=O) groups excluding carboxylic acids is 1. The first-order chi connectivity index (χ1) is 10.3. The van der Waals surface area contributed by atoms with Crippen molar-refractivity contribution in [1.82, 2.24) is 25.1 Å². The highest BCUT2D eigenvalue weighted by Gasteiger charge is 2.08. The van der Waals surface area contributed by atoms with E-state index >= 15 is 0 Å². The maximum Gasteiger partial charge on any atom is 0.271 e. The third-order valence-electron chi connectivity index (χ3n) is 3.09. The van der Waals surface area contributed by atoms with E-state index in [-0.39, 0.29) is 5.91 Å². The maximum atomic E-state index is 12.0. The fourth-order valence-corrected chi connectivity index (χ4v) is 2.03. The summed E-state index contributed by atoms with van der Waals surface area (Å²) in [6.07, 6.45) is 5.96. The zero-order valence-electron chi connectivity index (χ0n) is 11.4. The Labute approximate surface area is 121 Å². The molecule has 6 heteroatoms. The molecule has 3 aromatic rings. The van der Waals surface area contributed by atoms with Gasteiger partial charge in [0.2, 0.25) is 0 Å². The lowest BCUT2D eigenvalue weighted by atomic mass is 10.3. The van der Waals surface area contributed by atoms with Gasteiger partial charge in [0, 0.05) is 25.5 Å². The first-order valence-electron chi connectivity index (χ1n) is 6.80. The van der Waals surface area contributed by atoms with Crippen molar-refractivity contribution < 1.29 is 4.79 Å². The molecule has 21 heavy (non-hydrogen) atoms. The predicted molar refractivity (Wildman–Crippen MR) is 78.7 cm³/mol. The highest BCUT2D eigenvalue weighted by molar-refractivity contribution is 5.93. The second-order valence-electron chi connectivity index (χ2n) is 4.62. The van der Waals surface area contributed by atoms with Gasteiger partial charge in [0.1, 0.15) is 5.69 Å². The number of hydrogen-bond acceptors (Lipinski definition) is 4. The van der Waals surface area contributed by atoms with Crippen molar-refractivity contribution in [1.29, 1.82) is 0 Å². The van der Waals surface area contributed by atoms with Crippen molar-refractivity contribution in [3.63, 3.8) is 0 Å². The van der Waals surface area contributed by atoms with Crippen LogP contribution in [0.3, 0.4) is 0 Å². The molecule has 0 unspecified atom stereocenters. The summed E-state index contributed by atoms with van der Waals surface area (Å²) < 4.78 is 1.84. The Bertz CT molecular complexity index is 739. The van der Waals surface area contributed by atoms with Crippen LogP contribution in [0.2, 0.25) is 0 Å². The van der Waals surface area contributed by atoms with Gasteiger partial charge in [-0.1, -0.05) is 12.1 Å². The van der Waals surface area contributed by atoms with Crippen LogP contribution in [-0.4, -0.2) is 32.2 Å². The molecule has 106 valence electrons. The highest BCUT2D eigenvalue weighted by Crippen LogP contribution is 2.08. The smallest absolute Gasteiger partial charge is 0.271 e. The van der Waals surface area contributed by atoms with Crippen LogP contribution in [0, 0.1) is 0 Å². The van der Waals surface area contributed by atoms with Gasteiger partial charge in [0.25, 0.3) is 5.91 Å². The number of benzene rings is 1. The van der Waals surface area contributed by atoms with E-state index in [1.807, 2.05) is 41.2 Å². The number of nitrogens with zero attached hydrogens (tertiary/aromatic N) is 4. The number of rotatable bonds is 5. The van der Waals surface area contributed by atoms with Crippen LogP contribution in [0.4, 0.5) is 0 Å². The van der Waals surface area contributed by atoms with E-state index in [4.69, 9.17) is 0 Å². The number of fused-ring (bicyclic) bond motifs is 1. The minimum absolute atomic E-state index is 0.200. The van der Waals surface area contributed by atoms with Gasteiger partial charge in [0.15, 0.2) is 0 Å². The minimum atomic E-state index is -0.200. The molecule has 0 aliphatic carbocycles. The number of aromatic nitrogens is 4. The molecule has 0 bridgehead atoms. The first-order valence-corrected chi connectivity index (χ1v) is 6.80. The maximum absolute atomic E-state index is 12.0. The Hall–Kier alpha value is -2.76. The third-order valence-corrected chi connectivity index (χ3v) is 3.09. The number of aryl methyl sites for hydroxylation is 1. The van der Waals surface area contributed by atoms with Crippen molar-refractivity contribution >= 4 is 16.9 Å². The molecule has 0 saturated carbocycles. The molecule has 2 heterocycles. The summed E-state index contributed by atoms with van der Waals surface area (Å²) in [6, 6.07) is 9.36. The molecule has 1 amide bonds. The van der Waals surface area contributed by atoms with Gasteiger partial charge in [-0.3, -0.25) is 14.5 Å². The molecule has 0 spiro atoms. The van der Waals surface area contributed by atoms with Crippen molar-refractivity contribution in [2.45, 2.75) is 13.0 Å². The van der Waals surface area contributed by atoms with Crippen molar-refractivity contribution in [3.05, 3.63) is 54.6 Å². The summed E-state index contributed by atoms with van der Waals surface area (Å²) in [4.78, 5) is 20.6. The largest absolute Gasteiger partial charge is 0.351 e. The van der Waals surface area contributed by atoms with E-state index in [1.54, 1.807) is 6.20 Å². The molecule has 0 radical (unpaired) electrons. The molecule has 0 aliphatic heterocycles. The van der Waals surface area contributed by atoms with Crippen LogP contribution in [0.15, 0.2) is 48.9 Å². The van der Waals surface area contributed by atoms with E-state index in [9.17, 15) is 4.79 Å². The van der Waals surface area contributed by atoms with E-state index in [2.05, 4.69) is 20.4 Å². The molecule has 3 rings (SSSR count). The monoisotopic (exact) mass is 281 g/mol. The third kappa shape index (κ3) is 3.22. The fraction of sp³-hybridized carbons (Fsp3) is 0.200. The summed E-state index contributed by atoms with van der Waals surface area (Å²) in [5.74, 6) is -0.200. The fourth-order valence-electron chi connectivity index (χ4n) is 2.03. The topological polar surface area (TPSA) is 72.7 Å². The molecular formula is C15H15N5O. The molecule has 0 fully saturated rings. The van der Waals surface area contributed by atoms with Crippen molar-refractivity contribution in [3.8, 4) is 0 Å². The van der Waals surface area contributed by atoms with Crippen LogP contribution in [-0.2, 0) is 6.54 Å². The molecular weight excluding hydrogens is 266 g/mol. The second-order valence-corrected chi connectivity index (χ2v) is 4.62. The molecule has 1 N–H and O–H groups in total. The average molecular weight is 281 g/mol. The van der Waals surface area contributed by atoms with Gasteiger partial charge < -0.3 is 5.32 Å². The Kier molecular flexibility index (Phi) is 3.86. The summed E-state index contributed by atoms with van der Waals surface area (Å²) in [5, 5.41) is 6.95. The molecule has 0 saturated heterocycles. The van der Waals surface area contributed by atoms with Crippen molar-refractivity contribution in [2.24, 2.45) is 0 Å². The van der Waals surface area contributed by atoms with Gasteiger partial charge in [-0.25, -0.2) is 4.98 Å². The summed E-state index contributed by atoms with van der Waals surface area (Å²) in [7, 11) is 0. The summed E-state index contributed by atoms with van der Waals surface area (Å²) in [6.45, 7) is 1.35. The molecule has 2 aromatic heterocycles. The lowest BCUT2D eigenvalue weighted by Crippen LogP contribution is -2.26. The van der Waals surface area contributed by atoms with Crippen LogP contribution in [0.1, 0.15) is 16.9 Å². The lowest BCUT2D eigenvalue weighted by Gasteiger charge is -2.05. The SMILES string of the molecule is O=C(NCCCn1cccn1)c1cnc2ccccc2n1. The standard InChI is InChI=1S/C15H15N5O/c21-15(16-7-3-9-20-10-4-8-18-20)14-11-17-12-5-1-2-6-13(12)19-14/h1-2,4-6,8,10-11H,3,7,9H2,(H,16,21). The summed E-state index contributed by atoms with van der Waals surface area (Å²) >= 11 is 0. The van der Waals surface area contributed by atoms with Crippen molar-refractivity contribution in [2.75, 3.05) is 6.54 Å². The quantitative estimate of drug-likeness (QED) is 0.722. The second kappa shape index (κ2) is 6.13. The molecule has 0 aliphatic rings. The molecule has 0 atom stereocenters. The van der Waals surface area contributed by atoms with Gasteiger partial charge in [-0.2, -0.15) is 5.10 Å². The van der Waals surface area contributed by atoms with E-state index in [1.165, 1.54) is 6.20 Å². The summed E-state index contributed by atoms with van der Waals surface area (Å²) in [5.41, 5.74) is 1.85. The van der Waals surface area contributed by atoms with Crippen LogP contribution >= 0.6 is 0 Å². The lowest BCUT2D eigenvalue weighted by molar-refractivity contribution is 0.0947. The van der Waals surface area contributed by atoms with Gasteiger partial charge in [-0.05, 0) is 24.6 Å². The first kappa shape index (κ1) is 13.2. The number of amides is 1. The number of hydrogen-bond donors (Lipinski definition) is 1. The number of carbonyl (C=O) groups is 1. The Morgan fingerprint density at radius 2 is 2.05 bits per heavy atom. The predicted octanol–water partition coefficient (Wildman–Crippen LogP) is 1.65. The highest BCUT2D eigenvalue weighted by atomic mass is 16.1. The van der Waals surface area contributed by atoms with Gasteiger partial charge in [0.05, 0.1) is 17.2 Å². The van der Waals surface area contributed by atoms with E-state index < -0.39 is 0 Å². The average Bonchev–Trinajstić information content (AvgIpc) is 3.04. The minimum Gasteiger partial charge on any atom is -0.351 e. The van der Waals surface area contributed by atoms with Gasteiger partial charge in [-0.15, -0.1) is 0 Å². The van der Waals surface area contributed by atoms with Crippen LogP contribution < -0.4 is 5.32 Å². The Morgan fingerprint density at radius 3 is 2.86 bits per heavy atom. The van der Waals surface area contributed by atoms with Gasteiger partial charge >= 0.3 is 0 Å². The zero-order valence-corrected chi connectivity index (χ0v) is 11.4. The Balaban J connectivity index is 1.56. The van der Waals surface area contributed by atoms with Crippen LogP contribution in [0.5, 0.6) is 0 Å². The normalized spacial score (nSPS) is 10.7. The van der Waals surface area contributed by atoms with E-state index in [0.717, 1.165) is 24.0 Å².